The van der Waals surface area contributed by atoms with Crippen molar-refractivity contribution in [3.63, 3.8) is 0 Å². The van der Waals surface area contributed by atoms with Crippen molar-refractivity contribution < 1.29 is 14.3 Å². The highest BCUT2D eigenvalue weighted by Gasteiger charge is 2.33. The van der Waals surface area contributed by atoms with Crippen LogP contribution in [-0.4, -0.2) is 23.2 Å². The number of aliphatic carboxylic acids is 1. The zero-order valence-electron chi connectivity index (χ0n) is 9.98. The van der Waals surface area contributed by atoms with E-state index in [0.29, 0.717) is 12.0 Å². The van der Waals surface area contributed by atoms with Crippen molar-refractivity contribution in [3.05, 3.63) is 29.6 Å². The van der Waals surface area contributed by atoms with Crippen molar-refractivity contribution in [2.45, 2.75) is 38.8 Å². The summed E-state index contributed by atoms with van der Waals surface area (Å²) in [5, 5.41) is 8.90. The summed E-state index contributed by atoms with van der Waals surface area (Å²) in [6.45, 7) is 3.99. The maximum Gasteiger partial charge on any atom is 0.305 e. The van der Waals surface area contributed by atoms with Gasteiger partial charge in [-0.3, -0.25) is 4.79 Å². The first-order valence-corrected chi connectivity index (χ1v) is 5.78. The van der Waals surface area contributed by atoms with Gasteiger partial charge in [-0.15, -0.1) is 0 Å². The molecule has 1 aliphatic rings. The van der Waals surface area contributed by atoms with Crippen LogP contribution < -0.4 is 4.90 Å². The quantitative estimate of drug-likeness (QED) is 0.877. The third kappa shape index (κ3) is 2.12. The first kappa shape index (κ1) is 11.9. The van der Waals surface area contributed by atoms with Crippen molar-refractivity contribution in [1.82, 2.24) is 0 Å². The predicted molar refractivity (Wildman–Crippen MR) is 63.8 cm³/mol. The van der Waals surface area contributed by atoms with Gasteiger partial charge in [-0.05, 0) is 32.4 Å². The molecule has 3 nitrogen and oxygen atoms in total. The summed E-state index contributed by atoms with van der Waals surface area (Å²) >= 11 is 0. The largest absolute Gasteiger partial charge is 0.481 e. The van der Waals surface area contributed by atoms with Crippen molar-refractivity contribution in [2.75, 3.05) is 4.90 Å². The number of hydrogen-bond donors (Lipinski definition) is 1. The monoisotopic (exact) mass is 237 g/mol. The molecule has 1 heterocycles. The lowest BCUT2D eigenvalue weighted by atomic mass is 10.1. The molecule has 1 unspecified atom stereocenters. The van der Waals surface area contributed by atoms with E-state index in [0.717, 1.165) is 5.69 Å². The third-order valence-corrected chi connectivity index (χ3v) is 3.17. The summed E-state index contributed by atoms with van der Waals surface area (Å²) in [4.78, 5) is 12.8. The normalized spacial score (nSPS) is 18.6. The molecule has 0 radical (unpaired) electrons. The number of carboxylic acid groups (broad SMARTS) is 1. The van der Waals surface area contributed by atoms with Crippen molar-refractivity contribution in [2.24, 2.45) is 0 Å². The molecule has 0 spiro atoms. The van der Waals surface area contributed by atoms with Crippen LogP contribution in [0.2, 0.25) is 0 Å². The molecule has 0 saturated heterocycles. The van der Waals surface area contributed by atoms with Crippen molar-refractivity contribution >= 4 is 11.7 Å². The number of carbonyl (C=O) groups is 1. The Kier molecular flexibility index (Phi) is 3.05. The standard InChI is InChI=1S/C13H16FNO2/c1-8(2)15-9(7-13(16)17)6-10-11(14)4-3-5-12(10)15/h3-5,8-9H,6-7H2,1-2H3,(H,16,17). The van der Waals surface area contributed by atoms with Crippen LogP contribution in [0, 0.1) is 5.82 Å². The Morgan fingerprint density at radius 3 is 2.88 bits per heavy atom. The Morgan fingerprint density at radius 2 is 2.29 bits per heavy atom. The number of halogens is 1. The summed E-state index contributed by atoms with van der Waals surface area (Å²) in [5.41, 5.74) is 1.48. The van der Waals surface area contributed by atoms with E-state index in [1.807, 2.05) is 24.8 Å². The van der Waals surface area contributed by atoms with Gasteiger partial charge in [0.1, 0.15) is 5.82 Å². The fourth-order valence-corrected chi connectivity index (χ4v) is 2.59. The molecule has 1 atom stereocenters. The molecule has 0 saturated carbocycles. The van der Waals surface area contributed by atoms with Crippen LogP contribution >= 0.6 is 0 Å². The molecule has 0 amide bonds. The van der Waals surface area contributed by atoms with Crippen LogP contribution in [0.25, 0.3) is 0 Å². The van der Waals surface area contributed by atoms with Crippen molar-refractivity contribution in [1.29, 1.82) is 0 Å². The summed E-state index contributed by atoms with van der Waals surface area (Å²) in [7, 11) is 0. The number of rotatable bonds is 3. The van der Waals surface area contributed by atoms with Crippen LogP contribution in [0.1, 0.15) is 25.8 Å². The van der Waals surface area contributed by atoms with E-state index in [9.17, 15) is 9.18 Å². The summed E-state index contributed by atoms with van der Waals surface area (Å²) in [6, 6.07) is 5.00. The molecule has 92 valence electrons. The molecule has 2 rings (SSSR count). The smallest absolute Gasteiger partial charge is 0.305 e. The van der Waals surface area contributed by atoms with Gasteiger partial charge < -0.3 is 10.0 Å². The highest BCUT2D eigenvalue weighted by Crippen LogP contribution is 2.36. The first-order chi connectivity index (χ1) is 8.00. The number of fused-ring (bicyclic) bond motifs is 1. The zero-order valence-corrected chi connectivity index (χ0v) is 9.98. The molecule has 1 aromatic carbocycles. The molecule has 1 N–H and O–H groups in total. The van der Waals surface area contributed by atoms with Gasteiger partial charge in [-0.25, -0.2) is 4.39 Å². The molecule has 1 aliphatic heterocycles. The Balaban J connectivity index is 2.37. The van der Waals surface area contributed by atoms with Crippen LogP contribution in [-0.2, 0) is 11.2 Å². The Labute approximate surface area is 99.9 Å². The van der Waals surface area contributed by atoms with E-state index in [1.165, 1.54) is 6.07 Å². The van der Waals surface area contributed by atoms with Crippen LogP contribution in [0.3, 0.4) is 0 Å². The average molecular weight is 237 g/mol. The number of anilines is 1. The van der Waals surface area contributed by atoms with E-state index in [-0.39, 0.29) is 24.3 Å². The van der Waals surface area contributed by atoms with Crippen LogP contribution in [0.5, 0.6) is 0 Å². The first-order valence-electron chi connectivity index (χ1n) is 5.78. The van der Waals surface area contributed by atoms with E-state index in [4.69, 9.17) is 5.11 Å². The highest BCUT2D eigenvalue weighted by atomic mass is 19.1. The molecule has 0 bridgehead atoms. The number of carboxylic acids is 1. The fraction of sp³-hybridized carbons (Fsp3) is 0.462. The van der Waals surface area contributed by atoms with E-state index in [1.54, 1.807) is 6.07 Å². The summed E-state index contributed by atoms with van der Waals surface area (Å²) in [6.07, 6.45) is 0.527. The van der Waals surface area contributed by atoms with Gasteiger partial charge in [-0.2, -0.15) is 0 Å². The minimum absolute atomic E-state index is 0.0479. The molecular weight excluding hydrogens is 221 g/mol. The van der Waals surface area contributed by atoms with Gasteiger partial charge in [0.15, 0.2) is 0 Å². The van der Waals surface area contributed by atoms with Gasteiger partial charge in [0.2, 0.25) is 0 Å². The van der Waals surface area contributed by atoms with Crippen LogP contribution in [0.15, 0.2) is 18.2 Å². The summed E-state index contributed by atoms with van der Waals surface area (Å²) < 4.78 is 13.7. The van der Waals surface area contributed by atoms with Gasteiger partial charge in [-0.1, -0.05) is 6.07 Å². The van der Waals surface area contributed by atoms with E-state index < -0.39 is 5.97 Å². The van der Waals surface area contributed by atoms with Gasteiger partial charge in [0.25, 0.3) is 0 Å². The third-order valence-electron chi connectivity index (χ3n) is 3.17. The average Bonchev–Trinajstić information content (AvgIpc) is 2.56. The molecular formula is C13H16FNO2. The van der Waals surface area contributed by atoms with Gasteiger partial charge >= 0.3 is 5.97 Å². The summed E-state index contributed by atoms with van der Waals surface area (Å²) in [5.74, 6) is -1.07. The number of hydrogen-bond acceptors (Lipinski definition) is 2. The van der Waals surface area contributed by atoms with E-state index >= 15 is 0 Å². The molecule has 0 aromatic heterocycles. The molecule has 1 aromatic rings. The second-order valence-electron chi connectivity index (χ2n) is 4.69. The second kappa shape index (κ2) is 4.35. The maximum atomic E-state index is 13.7. The van der Waals surface area contributed by atoms with Gasteiger partial charge in [0, 0.05) is 23.3 Å². The second-order valence-corrected chi connectivity index (χ2v) is 4.69. The number of nitrogens with zero attached hydrogens (tertiary/aromatic N) is 1. The van der Waals surface area contributed by atoms with E-state index in [2.05, 4.69) is 0 Å². The molecule has 0 aliphatic carbocycles. The predicted octanol–water partition coefficient (Wildman–Crippen LogP) is 2.44. The Hall–Kier alpha value is -1.58. The highest BCUT2D eigenvalue weighted by molar-refractivity contribution is 5.71. The minimum atomic E-state index is -0.839. The SMILES string of the molecule is CC(C)N1c2cccc(F)c2CC1CC(=O)O. The van der Waals surface area contributed by atoms with Gasteiger partial charge in [0.05, 0.1) is 6.42 Å². The maximum absolute atomic E-state index is 13.7. The minimum Gasteiger partial charge on any atom is -0.481 e. The lowest BCUT2D eigenvalue weighted by molar-refractivity contribution is -0.137. The Morgan fingerprint density at radius 1 is 1.59 bits per heavy atom. The topological polar surface area (TPSA) is 40.5 Å². The van der Waals surface area contributed by atoms with Crippen molar-refractivity contribution in [3.8, 4) is 0 Å². The number of benzene rings is 1. The lowest BCUT2D eigenvalue weighted by Gasteiger charge is -2.30. The molecule has 17 heavy (non-hydrogen) atoms. The zero-order chi connectivity index (χ0) is 12.6. The van der Waals surface area contributed by atoms with Crippen LogP contribution in [0.4, 0.5) is 10.1 Å². The Bertz CT molecular complexity index is 445. The fourth-order valence-electron chi connectivity index (χ4n) is 2.59. The lowest BCUT2D eigenvalue weighted by Crippen LogP contribution is -2.39. The molecule has 4 heteroatoms. The molecule has 0 fully saturated rings.